The van der Waals surface area contributed by atoms with Gasteiger partial charge in [0.1, 0.15) is 5.76 Å². The summed E-state index contributed by atoms with van der Waals surface area (Å²) >= 11 is 0. The van der Waals surface area contributed by atoms with Crippen molar-refractivity contribution in [1.29, 1.82) is 0 Å². The van der Waals surface area contributed by atoms with Crippen molar-refractivity contribution >= 4 is 5.97 Å². The van der Waals surface area contributed by atoms with Gasteiger partial charge in [0.2, 0.25) is 11.5 Å². The third-order valence-electron chi connectivity index (χ3n) is 9.59. The molecule has 1 N–H and O–H groups in total. The summed E-state index contributed by atoms with van der Waals surface area (Å²) in [6.07, 6.45) is 2.25. The number of methoxy groups -OCH3 is 1. The van der Waals surface area contributed by atoms with Crippen molar-refractivity contribution in [2.75, 3.05) is 20.2 Å². The Morgan fingerprint density at radius 2 is 2.09 bits per heavy atom. The van der Waals surface area contributed by atoms with E-state index in [9.17, 15) is 4.79 Å². The van der Waals surface area contributed by atoms with E-state index in [0.29, 0.717) is 28.9 Å². The Bertz CT molecular complexity index is 1130. The summed E-state index contributed by atoms with van der Waals surface area (Å²) in [4.78, 5) is 15.0. The summed E-state index contributed by atoms with van der Waals surface area (Å²) in [5, 5.41) is 3.84. The van der Waals surface area contributed by atoms with E-state index in [1.807, 2.05) is 0 Å². The monoisotopic (exact) mass is 464 g/mol. The maximum atomic E-state index is 12.3. The van der Waals surface area contributed by atoms with Crippen LogP contribution in [-0.2, 0) is 23.7 Å². The van der Waals surface area contributed by atoms with Crippen LogP contribution in [0.25, 0.3) is 0 Å². The average molecular weight is 465 g/mol. The normalized spacial score (nSPS) is 46.2. The van der Waals surface area contributed by atoms with Crippen LogP contribution in [0.1, 0.15) is 45.2 Å². The van der Waals surface area contributed by atoms with E-state index in [0.717, 1.165) is 25.9 Å². The number of allylic oxidation sites excluding steroid dienone is 1. The van der Waals surface area contributed by atoms with E-state index in [2.05, 4.69) is 54.4 Å². The molecule has 9 atom stereocenters. The Hall–Kier alpha value is -2.35. The van der Waals surface area contributed by atoms with Crippen molar-refractivity contribution in [3.05, 3.63) is 58.7 Å². The van der Waals surface area contributed by atoms with Crippen LogP contribution in [0.2, 0.25) is 0 Å². The van der Waals surface area contributed by atoms with Gasteiger partial charge in [0, 0.05) is 30.5 Å². The highest BCUT2D eigenvalue weighted by Crippen LogP contribution is 2.72. The first-order chi connectivity index (χ1) is 16.4. The second kappa shape index (κ2) is 6.86. The quantitative estimate of drug-likeness (QED) is 0.671. The Morgan fingerprint density at radius 1 is 1.29 bits per heavy atom. The van der Waals surface area contributed by atoms with Gasteiger partial charge >= 0.3 is 5.97 Å². The summed E-state index contributed by atoms with van der Waals surface area (Å²) < 4.78 is 24.9. The molecule has 180 valence electrons. The number of ether oxygens (including phenoxy) is 4. The van der Waals surface area contributed by atoms with Crippen LogP contribution in [0.4, 0.5) is 0 Å². The molecule has 0 saturated carbocycles. The first-order valence-corrected chi connectivity index (χ1v) is 12.6. The molecule has 1 unspecified atom stereocenters. The lowest BCUT2D eigenvalue weighted by Crippen LogP contribution is -2.64. The van der Waals surface area contributed by atoms with Crippen molar-refractivity contribution < 1.29 is 23.7 Å². The van der Waals surface area contributed by atoms with Gasteiger partial charge in [-0.25, -0.2) is 4.79 Å². The van der Waals surface area contributed by atoms with Crippen LogP contribution in [0.15, 0.2) is 53.2 Å². The summed E-state index contributed by atoms with van der Waals surface area (Å²) in [6.45, 7) is 8.13. The fourth-order valence-electron chi connectivity index (χ4n) is 8.21. The molecule has 6 aliphatic rings. The largest absolute Gasteiger partial charge is 0.492 e. The Kier molecular flexibility index (Phi) is 4.24. The molecular formula is C27H32N2O5. The Morgan fingerprint density at radius 3 is 2.85 bits per heavy atom. The average Bonchev–Trinajstić information content (AvgIpc) is 3.56. The van der Waals surface area contributed by atoms with Crippen molar-refractivity contribution in [3.63, 3.8) is 0 Å². The predicted molar refractivity (Wildman–Crippen MR) is 123 cm³/mol. The van der Waals surface area contributed by atoms with Gasteiger partial charge in [0.15, 0.2) is 5.76 Å². The van der Waals surface area contributed by atoms with Gasteiger partial charge in [-0.05, 0) is 38.8 Å². The van der Waals surface area contributed by atoms with E-state index in [1.165, 1.54) is 5.56 Å². The topological polar surface area (TPSA) is 69.3 Å². The molecule has 1 aromatic carbocycles. The molecule has 0 aromatic heterocycles. The zero-order valence-corrected chi connectivity index (χ0v) is 20.2. The van der Waals surface area contributed by atoms with E-state index in [1.54, 1.807) is 14.0 Å². The number of nitrogens with zero attached hydrogens (tertiary/aromatic N) is 1. The number of piperidine rings is 1. The first kappa shape index (κ1) is 21.0. The molecule has 0 aliphatic carbocycles. The molecule has 1 aromatic rings. The van der Waals surface area contributed by atoms with Crippen LogP contribution in [0.3, 0.4) is 0 Å². The molecule has 6 heterocycles. The van der Waals surface area contributed by atoms with Crippen molar-refractivity contribution in [3.8, 4) is 0 Å². The number of benzene rings is 1. The molecule has 7 rings (SSSR count). The summed E-state index contributed by atoms with van der Waals surface area (Å²) in [6, 6.07) is 11.3. The molecule has 7 nitrogen and oxygen atoms in total. The number of esters is 1. The minimum absolute atomic E-state index is 0.0494. The minimum atomic E-state index is -0.651. The number of fused-ring (bicyclic) bond motifs is 1. The molecule has 7 heteroatoms. The first-order valence-electron chi connectivity index (χ1n) is 12.6. The fourth-order valence-corrected chi connectivity index (χ4v) is 8.21. The molecule has 5 bridgehead atoms. The minimum Gasteiger partial charge on any atom is -0.492 e. The highest BCUT2D eigenvalue weighted by Gasteiger charge is 2.84. The molecular weight excluding hydrogens is 432 g/mol. The van der Waals surface area contributed by atoms with Gasteiger partial charge in [0.25, 0.3) is 0 Å². The van der Waals surface area contributed by atoms with E-state index < -0.39 is 5.79 Å². The second-order valence-corrected chi connectivity index (χ2v) is 10.8. The van der Waals surface area contributed by atoms with Gasteiger partial charge in [-0.15, -0.1) is 0 Å². The van der Waals surface area contributed by atoms with Crippen LogP contribution < -0.4 is 5.32 Å². The summed E-state index contributed by atoms with van der Waals surface area (Å²) in [7, 11) is 1.58. The number of carbonyl (C=O) groups is 1. The lowest BCUT2D eigenvalue weighted by Gasteiger charge is -2.48. The van der Waals surface area contributed by atoms with Crippen molar-refractivity contribution in [2.24, 2.45) is 17.8 Å². The molecule has 6 aliphatic heterocycles. The summed E-state index contributed by atoms with van der Waals surface area (Å²) in [5.41, 5.74) is 1.74. The Labute approximate surface area is 200 Å². The molecule has 34 heavy (non-hydrogen) atoms. The molecule has 0 radical (unpaired) electrons. The predicted octanol–water partition coefficient (Wildman–Crippen LogP) is 3.25. The molecule has 5 saturated heterocycles. The smallest absolute Gasteiger partial charge is 0.343 e. The van der Waals surface area contributed by atoms with Gasteiger partial charge < -0.3 is 24.3 Å². The van der Waals surface area contributed by atoms with Crippen LogP contribution in [-0.4, -0.2) is 54.5 Å². The molecule has 0 amide bonds. The number of hydrogen-bond donors (Lipinski definition) is 1. The number of carbonyl (C=O) groups excluding carboxylic acids is 1. The van der Waals surface area contributed by atoms with Crippen LogP contribution >= 0.6 is 0 Å². The maximum Gasteiger partial charge on any atom is 0.343 e. The van der Waals surface area contributed by atoms with Gasteiger partial charge in [-0.3, -0.25) is 4.90 Å². The fraction of sp³-hybridized carbons (Fsp3) is 0.593. The lowest BCUT2D eigenvalue weighted by molar-refractivity contribution is -0.255. The summed E-state index contributed by atoms with van der Waals surface area (Å²) in [5.74, 6) is 1.22. The third-order valence-corrected chi connectivity index (χ3v) is 9.59. The van der Waals surface area contributed by atoms with Crippen LogP contribution in [0.5, 0.6) is 0 Å². The zero-order valence-electron chi connectivity index (χ0n) is 20.2. The molecule has 5 fully saturated rings. The number of nitrogens with one attached hydrogen (secondary N) is 1. The Balaban J connectivity index is 1.24. The zero-order chi connectivity index (χ0) is 23.4. The van der Waals surface area contributed by atoms with Crippen molar-refractivity contribution in [2.45, 2.75) is 63.1 Å². The van der Waals surface area contributed by atoms with Crippen molar-refractivity contribution in [1.82, 2.24) is 10.2 Å². The number of cyclic esters (lactones) is 1. The van der Waals surface area contributed by atoms with E-state index in [4.69, 9.17) is 18.9 Å². The molecule has 1 spiro atoms. The third kappa shape index (κ3) is 2.31. The lowest BCUT2D eigenvalue weighted by atomic mass is 9.71. The number of hydrogen-bond acceptors (Lipinski definition) is 7. The van der Waals surface area contributed by atoms with Gasteiger partial charge in [0.05, 0.1) is 30.2 Å². The second-order valence-electron chi connectivity index (χ2n) is 10.8. The van der Waals surface area contributed by atoms with Gasteiger partial charge in [-0.1, -0.05) is 37.3 Å². The maximum absolute atomic E-state index is 12.3. The van der Waals surface area contributed by atoms with E-state index >= 15 is 0 Å². The van der Waals surface area contributed by atoms with E-state index in [-0.39, 0.29) is 41.4 Å². The number of rotatable bonds is 5. The highest BCUT2D eigenvalue weighted by molar-refractivity contribution is 5.93. The van der Waals surface area contributed by atoms with Crippen LogP contribution in [0, 0.1) is 17.8 Å². The standard InChI is InChI=1S/C27H32N2O5/c1-14-21-18-12-20-26(13-28-16(3)17-8-6-5-7-9-17)19(10-11-29(18)26)27(21,33-20)34-23(14)24-22(31-4)15(2)25(30)32-24/h5-9,14,16,18-21,28H,10-13H2,1-4H3/b24-23-/t14-,16-,18-,19-,20-,21+,26-,27+/m0/s1. The SMILES string of the molecule is COC1=C(C)C(=O)O/C1=C1\O[C@@]23O[C@H]4C[C@@H]([C@H]2[C@@H]1C)N1CC[C@H]3[C@@]41CN[C@@H](C)c1ccccc1. The highest BCUT2D eigenvalue weighted by atomic mass is 16.7. The van der Waals surface area contributed by atoms with Gasteiger partial charge in [-0.2, -0.15) is 0 Å².